The molecule has 1 saturated carbocycles. The highest BCUT2D eigenvalue weighted by Crippen LogP contribution is 2.57. The van der Waals surface area contributed by atoms with Crippen molar-refractivity contribution in [3.05, 3.63) is 29.3 Å². The number of quaternary nitrogens is 1. The van der Waals surface area contributed by atoms with Crippen LogP contribution in [0.3, 0.4) is 0 Å². The predicted molar refractivity (Wildman–Crippen MR) is 91.5 cm³/mol. The third-order valence-electron chi connectivity index (χ3n) is 7.05. The Morgan fingerprint density at radius 2 is 2.21 bits per heavy atom. The summed E-state index contributed by atoms with van der Waals surface area (Å²) in [6.45, 7) is 3.03. The molecule has 3 aliphatic rings. The van der Waals surface area contributed by atoms with Crippen molar-refractivity contribution in [2.24, 2.45) is 5.92 Å². The number of hydrogen-bond acceptors (Lipinski definition) is 3. The molecule has 4 heteroatoms. The number of phenolic OH excluding ortho intramolecular Hbond substituents is 1. The third kappa shape index (κ3) is 2.26. The van der Waals surface area contributed by atoms with E-state index in [9.17, 15) is 9.90 Å². The molecule has 4 rings (SSSR count). The van der Waals surface area contributed by atoms with Crippen molar-refractivity contribution in [2.45, 2.75) is 56.9 Å². The number of likely N-dealkylation sites (tertiary alicyclic amines) is 1. The SMILES string of the molecule is CC(=O)OC[N@+]1(C)CC[C@]23CCCC[C@H]2[C@H]1Cc1ccc(O)cc13. The number of piperidine rings is 1. The Kier molecular flexibility index (Phi) is 3.64. The Hall–Kier alpha value is -1.55. The molecule has 130 valence electrons. The molecule has 1 N–H and O–H groups in total. The van der Waals surface area contributed by atoms with Gasteiger partial charge in [0, 0.05) is 31.1 Å². The Bertz CT molecular complexity index is 673. The zero-order chi connectivity index (χ0) is 16.9. The van der Waals surface area contributed by atoms with Gasteiger partial charge in [-0.1, -0.05) is 18.9 Å². The lowest BCUT2D eigenvalue weighted by Gasteiger charge is -2.60. The predicted octanol–water partition coefficient (Wildman–Crippen LogP) is 3.12. The minimum Gasteiger partial charge on any atom is -0.508 e. The number of hydrogen-bond donors (Lipinski definition) is 1. The van der Waals surface area contributed by atoms with E-state index >= 15 is 0 Å². The zero-order valence-corrected chi connectivity index (χ0v) is 14.8. The summed E-state index contributed by atoms with van der Waals surface area (Å²) in [6.07, 6.45) is 7.23. The molecule has 1 aliphatic heterocycles. The van der Waals surface area contributed by atoms with Crippen molar-refractivity contribution < 1.29 is 19.1 Å². The summed E-state index contributed by atoms with van der Waals surface area (Å²) >= 11 is 0. The van der Waals surface area contributed by atoms with E-state index in [1.165, 1.54) is 43.7 Å². The van der Waals surface area contributed by atoms with Crippen LogP contribution in [0.5, 0.6) is 5.75 Å². The average molecular weight is 330 g/mol. The van der Waals surface area contributed by atoms with Crippen LogP contribution in [0.25, 0.3) is 0 Å². The van der Waals surface area contributed by atoms with Crippen molar-refractivity contribution in [3.8, 4) is 5.75 Å². The Labute approximate surface area is 144 Å². The van der Waals surface area contributed by atoms with Crippen LogP contribution in [0.1, 0.15) is 50.2 Å². The molecule has 0 spiro atoms. The maximum Gasteiger partial charge on any atom is 0.306 e. The molecule has 1 aromatic rings. The fourth-order valence-electron chi connectivity index (χ4n) is 5.85. The minimum atomic E-state index is -0.184. The number of aromatic hydroxyl groups is 1. The second-order valence-corrected chi connectivity index (χ2v) is 8.34. The van der Waals surface area contributed by atoms with Crippen LogP contribution in [-0.4, -0.2) is 41.9 Å². The molecular formula is C20H28NO3+. The van der Waals surface area contributed by atoms with Gasteiger partial charge in [-0.05, 0) is 36.1 Å². The standard InChI is InChI=1S/C20H27NO3/c1-14(22)24-13-21(2)10-9-20-8-4-3-5-17(20)19(21)11-15-6-7-16(23)12-18(15)20/h6-7,12,17,19H,3-5,8-11,13H2,1-2H3/p+1/t17-,19+,20+,21-/m0/s1. The van der Waals surface area contributed by atoms with E-state index in [-0.39, 0.29) is 11.4 Å². The molecular weight excluding hydrogens is 302 g/mol. The fourth-order valence-corrected chi connectivity index (χ4v) is 5.85. The van der Waals surface area contributed by atoms with Gasteiger partial charge in [0.2, 0.25) is 6.73 Å². The first kappa shape index (κ1) is 15.9. The normalized spacial score (nSPS) is 37.2. The van der Waals surface area contributed by atoms with Crippen LogP contribution in [0.2, 0.25) is 0 Å². The van der Waals surface area contributed by atoms with Crippen LogP contribution in [0.15, 0.2) is 18.2 Å². The van der Waals surface area contributed by atoms with E-state index < -0.39 is 0 Å². The molecule has 2 bridgehead atoms. The first-order valence-corrected chi connectivity index (χ1v) is 9.25. The quantitative estimate of drug-likeness (QED) is 0.669. The van der Waals surface area contributed by atoms with Gasteiger partial charge in [0.25, 0.3) is 0 Å². The maximum absolute atomic E-state index is 11.4. The third-order valence-corrected chi connectivity index (χ3v) is 7.05. The van der Waals surface area contributed by atoms with Crippen LogP contribution < -0.4 is 0 Å². The smallest absolute Gasteiger partial charge is 0.306 e. The van der Waals surface area contributed by atoms with E-state index in [1.54, 1.807) is 0 Å². The molecule has 4 atom stereocenters. The molecule has 0 radical (unpaired) electrons. The lowest BCUT2D eigenvalue weighted by Crippen LogP contribution is -2.69. The molecule has 0 amide bonds. The van der Waals surface area contributed by atoms with Gasteiger partial charge in [0.05, 0.1) is 19.6 Å². The van der Waals surface area contributed by atoms with E-state index in [0.29, 0.717) is 24.4 Å². The van der Waals surface area contributed by atoms with Gasteiger partial charge in [-0.25, -0.2) is 0 Å². The highest BCUT2D eigenvalue weighted by Gasteiger charge is 2.59. The number of nitrogens with zero attached hydrogens (tertiary/aromatic N) is 1. The second kappa shape index (κ2) is 5.48. The number of carbonyl (C=O) groups excluding carboxylic acids is 1. The summed E-state index contributed by atoms with van der Waals surface area (Å²) < 4.78 is 6.29. The molecule has 1 aromatic carbocycles. The summed E-state index contributed by atoms with van der Waals surface area (Å²) in [7, 11) is 2.26. The van der Waals surface area contributed by atoms with E-state index in [1.807, 2.05) is 12.1 Å². The minimum absolute atomic E-state index is 0.184. The maximum atomic E-state index is 11.4. The second-order valence-electron chi connectivity index (χ2n) is 8.34. The molecule has 2 aliphatic carbocycles. The van der Waals surface area contributed by atoms with Gasteiger partial charge in [-0.3, -0.25) is 9.28 Å². The zero-order valence-electron chi connectivity index (χ0n) is 14.8. The lowest BCUT2D eigenvalue weighted by atomic mass is 9.52. The fraction of sp³-hybridized carbons (Fsp3) is 0.650. The number of likely N-dealkylation sites (N-methyl/N-ethyl adjacent to an activating group) is 1. The average Bonchev–Trinajstić information content (AvgIpc) is 2.57. The van der Waals surface area contributed by atoms with Gasteiger partial charge in [0.1, 0.15) is 5.75 Å². The van der Waals surface area contributed by atoms with Crippen molar-refractivity contribution >= 4 is 5.97 Å². The lowest BCUT2D eigenvalue weighted by molar-refractivity contribution is -0.959. The number of benzene rings is 1. The molecule has 1 heterocycles. The number of phenols is 1. The summed E-state index contributed by atoms with van der Waals surface area (Å²) in [4.78, 5) is 11.4. The van der Waals surface area contributed by atoms with Crippen LogP contribution >= 0.6 is 0 Å². The van der Waals surface area contributed by atoms with Crippen molar-refractivity contribution in [2.75, 3.05) is 20.3 Å². The number of rotatable bonds is 2. The number of carbonyl (C=O) groups is 1. The van der Waals surface area contributed by atoms with Gasteiger partial charge in [-0.15, -0.1) is 0 Å². The van der Waals surface area contributed by atoms with E-state index in [2.05, 4.69) is 13.1 Å². The largest absolute Gasteiger partial charge is 0.508 e. The molecule has 0 aromatic heterocycles. The summed E-state index contributed by atoms with van der Waals surface area (Å²) in [5.74, 6) is 0.847. The summed E-state index contributed by atoms with van der Waals surface area (Å²) in [6, 6.07) is 6.48. The topological polar surface area (TPSA) is 46.5 Å². The van der Waals surface area contributed by atoms with Crippen LogP contribution in [0, 0.1) is 5.92 Å². The van der Waals surface area contributed by atoms with Crippen LogP contribution in [-0.2, 0) is 21.4 Å². The van der Waals surface area contributed by atoms with Crippen LogP contribution in [0.4, 0.5) is 0 Å². The summed E-state index contributed by atoms with van der Waals surface area (Å²) in [5.41, 5.74) is 3.02. The van der Waals surface area contributed by atoms with Gasteiger partial charge in [0.15, 0.2) is 0 Å². The number of ether oxygens (including phenoxy) is 1. The monoisotopic (exact) mass is 330 g/mol. The van der Waals surface area contributed by atoms with Gasteiger partial charge >= 0.3 is 5.97 Å². The highest BCUT2D eigenvalue weighted by atomic mass is 16.5. The Balaban J connectivity index is 1.77. The number of fused-ring (bicyclic) bond motifs is 1. The first-order chi connectivity index (χ1) is 11.4. The number of esters is 1. The molecule has 4 nitrogen and oxygen atoms in total. The molecule has 24 heavy (non-hydrogen) atoms. The Morgan fingerprint density at radius 3 is 3.00 bits per heavy atom. The molecule has 1 saturated heterocycles. The first-order valence-electron chi connectivity index (χ1n) is 9.25. The van der Waals surface area contributed by atoms with E-state index in [4.69, 9.17) is 4.74 Å². The van der Waals surface area contributed by atoms with Crippen molar-refractivity contribution in [3.63, 3.8) is 0 Å². The molecule has 0 unspecified atom stereocenters. The van der Waals surface area contributed by atoms with E-state index in [0.717, 1.165) is 23.9 Å². The van der Waals surface area contributed by atoms with Gasteiger partial charge < -0.3 is 9.84 Å². The van der Waals surface area contributed by atoms with Gasteiger partial charge in [-0.2, -0.15) is 0 Å². The molecule has 2 fully saturated rings. The Morgan fingerprint density at radius 1 is 1.38 bits per heavy atom. The van der Waals surface area contributed by atoms with Crippen molar-refractivity contribution in [1.82, 2.24) is 0 Å². The summed E-state index contributed by atoms with van der Waals surface area (Å²) in [5, 5.41) is 10.1. The highest BCUT2D eigenvalue weighted by molar-refractivity contribution is 5.65. The van der Waals surface area contributed by atoms with Crippen molar-refractivity contribution in [1.29, 1.82) is 0 Å².